The third-order valence-electron chi connectivity index (χ3n) is 0.994. The van der Waals surface area contributed by atoms with Crippen LogP contribution in [0.4, 0.5) is 0 Å². The number of halogens is 2. The Morgan fingerprint density at radius 3 is 0.833 bits per heavy atom. The Labute approximate surface area is 109 Å². The van der Waals surface area contributed by atoms with E-state index in [0.717, 1.165) is 13.1 Å². The molecule has 0 atom stereocenters. The van der Waals surface area contributed by atoms with E-state index in [9.17, 15) is 0 Å². The summed E-state index contributed by atoms with van der Waals surface area (Å²) in [5.41, 5.74) is 0. The summed E-state index contributed by atoms with van der Waals surface area (Å²) in [6.45, 7) is 2.29. The second-order valence-corrected chi connectivity index (χ2v) is 4.98. The molecule has 0 fully saturated rings. The molecule has 0 unspecified atom stereocenters. The van der Waals surface area contributed by atoms with Crippen LogP contribution in [0.25, 0.3) is 0 Å². The summed E-state index contributed by atoms with van der Waals surface area (Å²) in [7, 11) is -1.04. The van der Waals surface area contributed by atoms with Gasteiger partial charge in [-0.15, -0.1) is 0 Å². The van der Waals surface area contributed by atoms with Crippen LogP contribution in [-0.2, 0) is 0 Å². The van der Waals surface area contributed by atoms with Crippen molar-refractivity contribution < 1.29 is 57.8 Å². The zero-order chi connectivity index (χ0) is 15.6. The van der Waals surface area contributed by atoms with Gasteiger partial charge in [-0.3, -0.25) is 0 Å². The molecular weight excluding hydrogens is 299 g/mol. The third-order valence-corrected chi connectivity index (χ3v) is 0.994. The third kappa shape index (κ3) is 139. The van der Waals surface area contributed by atoms with Crippen molar-refractivity contribution in [1.29, 1.82) is 0 Å². The molecule has 0 saturated carbocycles. The molecule has 12 heteroatoms. The molecule has 114 valence electrons. The maximum absolute atomic E-state index is 8.60. The molecule has 0 aromatic carbocycles. The molecule has 0 aliphatic heterocycles. The van der Waals surface area contributed by atoms with Gasteiger partial charge >= 0.3 is 0 Å². The highest BCUT2D eigenvalue weighted by molar-refractivity contribution is 4.45. The van der Waals surface area contributed by atoms with Crippen LogP contribution in [0.3, 0.4) is 0 Å². The van der Waals surface area contributed by atoms with Gasteiger partial charge < -0.3 is 9.80 Å². The van der Waals surface area contributed by atoms with E-state index in [1.165, 1.54) is 0 Å². The molecule has 0 rings (SSSR count). The molecule has 0 bridgehead atoms. The van der Waals surface area contributed by atoms with Crippen molar-refractivity contribution in [3.05, 3.63) is 0 Å². The van der Waals surface area contributed by atoms with Crippen LogP contribution in [0.2, 0.25) is 0 Å². The van der Waals surface area contributed by atoms with Gasteiger partial charge in [0.1, 0.15) is 0 Å². The number of nitrogens with zero attached hydrogens (tertiary/aromatic N) is 2. The molecule has 0 radical (unpaired) electrons. The molecule has 18 heavy (non-hydrogen) atoms. The molecule has 0 amide bonds. The highest BCUT2D eigenvalue weighted by Crippen LogP contribution is 1.76. The van der Waals surface area contributed by atoms with Crippen molar-refractivity contribution in [3.63, 3.8) is 0 Å². The Morgan fingerprint density at radius 1 is 0.667 bits per heavy atom. The predicted molar refractivity (Wildman–Crippen MR) is 41.5 cm³/mol. The van der Waals surface area contributed by atoms with Crippen LogP contribution in [-0.4, -0.2) is 60.4 Å². The van der Waals surface area contributed by atoms with E-state index in [2.05, 4.69) is 38.0 Å². The summed E-state index contributed by atoms with van der Waals surface area (Å²) in [5.74, 6) is 0. The van der Waals surface area contributed by atoms with Crippen molar-refractivity contribution in [2.75, 3.05) is 41.3 Å². The lowest BCUT2D eigenvalue weighted by molar-refractivity contribution is -1.92. The lowest BCUT2D eigenvalue weighted by atomic mass is 10.5. The zero-order valence-electron chi connectivity index (χ0n) is 10.4. The molecule has 0 aliphatic carbocycles. The average Bonchev–Trinajstić information content (AvgIpc) is 1.93. The Bertz CT molecular complexity index is 149. The smallest absolute Gasteiger partial charge is 0.0777 e. The molecule has 0 aromatic rings. The molecule has 10 nitrogen and oxygen atoms in total. The van der Waals surface area contributed by atoms with Crippen molar-refractivity contribution in [2.45, 2.75) is 0 Å². The Kier molecular flexibility index (Phi) is 14.3. The van der Waals surface area contributed by atoms with Crippen LogP contribution in [0.5, 0.6) is 0 Å². The minimum Gasteiger partial charge on any atom is -0.308 e. The second kappa shape index (κ2) is 11.0. The lowest BCUT2D eigenvalue weighted by Crippen LogP contribution is -2.58. The van der Waals surface area contributed by atoms with E-state index in [1.54, 1.807) is 0 Å². The van der Waals surface area contributed by atoms with Gasteiger partial charge in [0, 0.05) is 13.1 Å². The molecule has 2 N–H and O–H groups in total. The SMILES string of the molecule is CN(C)CCN(C)C.[O-][Cl+3]([O-])([O-])O.[O-][Cl+3]([O-])([O-])O. The van der Waals surface area contributed by atoms with Gasteiger partial charge in [0.25, 0.3) is 0 Å². The first-order valence-electron chi connectivity index (χ1n) is 4.19. The van der Waals surface area contributed by atoms with E-state index in [1.807, 2.05) is 0 Å². The first-order valence-corrected chi connectivity index (χ1v) is 6.71. The number of hydrogen-bond donors (Lipinski definition) is 2. The van der Waals surface area contributed by atoms with Gasteiger partial charge in [-0.2, -0.15) is 28.0 Å². The van der Waals surface area contributed by atoms with Gasteiger partial charge in [0.15, 0.2) is 0 Å². The van der Waals surface area contributed by atoms with E-state index in [-0.39, 0.29) is 0 Å². The Morgan fingerprint density at radius 2 is 0.778 bits per heavy atom. The first-order chi connectivity index (χ1) is 7.63. The maximum atomic E-state index is 8.60. The van der Waals surface area contributed by atoms with Crippen LogP contribution in [0.15, 0.2) is 0 Å². The summed E-state index contributed by atoms with van der Waals surface area (Å²) >= 11 is 0. The highest BCUT2D eigenvalue weighted by Gasteiger charge is 1.99. The van der Waals surface area contributed by atoms with Gasteiger partial charge in [-0.25, -0.2) is 0 Å². The van der Waals surface area contributed by atoms with E-state index in [4.69, 9.17) is 37.3 Å². The van der Waals surface area contributed by atoms with Crippen LogP contribution in [0.1, 0.15) is 0 Å². The molecular formula is C6H18Cl2N2O8. The predicted octanol–water partition coefficient (Wildman–Crippen LogP) is -8.14. The maximum Gasteiger partial charge on any atom is 0.0777 e. The molecule has 0 spiro atoms. The topological polar surface area (TPSA) is 185 Å². The van der Waals surface area contributed by atoms with Crippen molar-refractivity contribution >= 4 is 0 Å². The van der Waals surface area contributed by atoms with Gasteiger partial charge in [0.05, 0.1) is 29.8 Å². The number of rotatable bonds is 3. The van der Waals surface area contributed by atoms with E-state index in [0.29, 0.717) is 0 Å². The van der Waals surface area contributed by atoms with Crippen molar-refractivity contribution in [3.8, 4) is 0 Å². The van der Waals surface area contributed by atoms with Gasteiger partial charge in [-0.05, 0) is 28.2 Å². The average molecular weight is 317 g/mol. The fourth-order valence-electron chi connectivity index (χ4n) is 0.400. The molecule has 0 aliphatic rings. The fourth-order valence-corrected chi connectivity index (χ4v) is 0.400. The Balaban J connectivity index is -0.000000197. The minimum absolute atomic E-state index is 1.15. The standard InChI is InChI=1S/C6H16N2.2ClHO4/c1-7(2)5-6-8(3)4;2*2-1(3,4)5/h5-6H2,1-4H3;2*(H,2,3,4,5). The summed E-state index contributed by atoms with van der Waals surface area (Å²) in [4.78, 5) is 4.36. The van der Waals surface area contributed by atoms with Gasteiger partial charge in [0.2, 0.25) is 0 Å². The monoisotopic (exact) mass is 316 g/mol. The van der Waals surface area contributed by atoms with Crippen molar-refractivity contribution in [1.82, 2.24) is 9.80 Å². The minimum atomic E-state index is -4.69. The van der Waals surface area contributed by atoms with Gasteiger partial charge in [-0.1, -0.05) is 0 Å². The second-order valence-electron chi connectivity index (χ2n) is 3.40. The summed E-state index contributed by atoms with van der Waals surface area (Å²) < 4.78 is 65.4. The molecule has 0 aromatic heterocycles. The largest absolute Gasteiger partial charge is 0.308 e. The highest BCUT2D eigenvalue weighted by atomic mass is 35.7. The number of hydrogen-bond acceptors (Lipinski definition) is 10. The fraction of sp³-hybridized carbons (Fsp3) is 1.00. The van der Waals surface area contributed by atoms with Crippen LogP contribution in [0, 0.1) is 20.5 Å². The van der Waals surface area contributed by atoms with E-state index < -0.39 is 20.5 Å². The zero-order valence-corrected chi connectivity index (χ0v) is 11.9. The summed E-state index contributed by atoms with van der Waals surface area (Å²) in [6, 6.07) is 0. The molecule has 0 heterocycles. The molecule has 0 saturated heterocycles. The summed E-state index contributed by atoms with van der Waals surface area (Å²) in [5, 5.41) is 0. The normalized spacial score (nSPS) is 11.7. The van der Waals surface area contributed by atoms with E-state index >= 15 is 0 Å². The lowest BCUT2D eigenvalue weighted by Gasteiger charge is -2.13. The Hall–Kier alpha value is 0.180. The number of likely N-dealkylation sites (N-methyl/N-ethyl adjacent to an activating group) is 2. The van der Waals surface area contributed by atoms with Crippen molar-refractivity contribution in [2.24, 2.45) is 0 Å². The van der Waals surface area contributed by atoms with Crippen LogP contribution < -0.4 is 28.0 Å². The summed E-state index contributed by atoms with van der Waals surface area (Å²) in [6.07, 6.45) is 0. The quantitative estimate of drug-likeness (QED) is 0.506. The first kappa shape index (κ1) is 23.3. The van der Waals surface area contributed by atoms with Crippen LogP contribution >= 0.6 is 0 Å².